The lowest BCUT2D eigenvalue weighted by molar-refractivity contribution is -0.138. The molecular formula is C24H25N7O3. The third-order valence-electron chi connectivity index (χ3n) is 7.34. The second-order valence-electron chi connectivity index (χ2n) is 9.25. The Hall–Kier alpha value is -3.79. The first kappa shape index (κ1) is 20.8. The van der Waals surface area contributed by atoms with Gasteiger partial charge in [-0.25, -0.2) is 9.97 Å². The van der Waals surface area contributed by atoms with Gasteiger partial charge in [0, 0.05) is 23.6 Å². The van der Waals surface area contributed by atoms with Crippen molar-refractivity contribution in [1.82, 2.24) is 29.5 Å². The van der Waals surface area contributed by atoms with Gasteiger partial charge in [0.1, 0.15) is 12.4 Å². The summed E-state index contributed by atoms with van der Waals surface area (Å²) in [6.45, 7) is 1.02. The van der Waals surface area contributed by atoms with Crippen LogP contribution in [0.15, 0.2) is 30.7 Å². The summed E-state index contributed by atoms with van der Waals surface area (Å²) >= 11 is 0. The number of nitrogens with zero attached hydrogens (tertiary/aromatic N) is 5. The van der Waals surface area contributed by atoms with Gasteiger partial charge in [-0.05, 0) is 50.3 Å². The summed E-state index contributed by atoms with van der Waals surface area (Å²) in [6, 6.07) is 5.98. The molecule has 10 heteroatoms. The van der Waals surface area contributed by atoms with E-state index < -0.39 is 6.61 Å². The Balaban J connectivity index is 1.47. The third kappa shape index (κ3) is 3.02. The molecule has 4 N–H and O–H groups in total. The average molecular weight is 460 g/mol. The van der Waals surface area contributed by atoms with Gasteiger partial charge >= 0.3 is 0 Å². The van der Waals surface area contributed by atoms with Crippen molar-refractivity contribution in [3.05, 3.63) is 42.0 Å². The number of piperidine rings is 1. The lowest BCUT2D eigenvalue weighted by atomic mass is 9.85. The highest BCUT2D eigenvalue weighted by Crippen LogP contribution is 2.44. The number of H-pyrrole nitrogens is 1. The number of carbonyl (C=O) groups excluding carboxylic acids is 2. The Morgan fingerprint density at radius 1 is 1.24 bits per heavy atom. The number of aromatic amines is 1. The van der Waals surface area contributed by atoms with Crippen LogP contribution in [0.1, 0.15) is 54.6 Å². The standard InChI is InChI=1S/C24H25N7O3/c1-12(33)21-22(14-6-15-3-4-16(7-14)30(15)20(34)10-32)29-24-17(9-28-31(24)23(21)25)13-2-5-18-19(8-13)27-11-26-18/h2,5,8-9,11,14-16,32H,3-4,6-7,10,25H2,1H3,(H,26,27)/t14?,15-,16+. The highest BCUT2D eigenvalue weighted by molar-refractivity contribution is 6.00. The zero-order valence-electron chi connectivity index (χ0n) is 18.7. The van der Waals surface area contributed by atoms with E-state index in [1.54, 1.807) is 12.5 Å². The van der Waals surface area contributed by atoms with Gasteiger partial charge in [-0.3, -0.25) is 9.59 Å². The quantitative estimate of drug-likeness (QED) is 0.397. The fourth-order valence-corrected chi connectivity index (χ4v) is 5.88. The number of aromatic nitrogens is 5. The number of hydrogen-bond donors (Lipinski definition) is 3. The van der Waals surface area contributed by atoms with Gasteiger partial charge < -0.3 is 20.7 Å². The molecule has 3 aromatic heterocycles. The maximum absolute atomic E-state index is 12.7. The molecule has 2 bridgehead atoms. The molecule has 2 fully saturated rings. The van der Waals surface area contributed by atoms with E-state index in [9.17, 15) is 14.7 Å². The number of nitrogens with one attached hydrogen (secondary N) is 1. The first-order valence-electron chi connectivity index (χ1n) is 11.5. The number of hydrogen-bond acceptors (Lipinski definition) is 7. The van der Waals surface area contributed by atoms with Crippen LogP contribution >= 0.6 is 0 Å². The van der Waals surface area contributed by atoms with E-state index >= 15 is 0 Å². The van der Waals surface area contributed by atoms with Gasteiger partial charge in [0.2, 0.25) is 5.91 Å². The number of anilines is 1. The zero-order chi connectivity index (χ0) is 23.6. The van der Waals surface area contributed by atoms with E-state index in [1.807, 2.05) is 23.1 Å². The maximum atomic E-state index is 12.7. The number of aliphatic hydroxyl groups excluding tert-OH is 1. The van der Waals surface area contributed by atoms with Crippen LogP contribution in [0.3, 0.4) is 0 Å². The molecule has 4 aromatic rings. The molecule has 34 heavy (non-hydrogen) atoms. The minimum Gasteiger partial charge on any atom is -0.387 e. The average Bonchev–Trinajstić information content (AvgIpc) is 3.53. The van der Waals surface area contributed by atoms with E-state index in [2.05, 4.69) is 15.1 Å². The number of amides is 1. The topological polar surface area (TPSA) is 142 Å². The van der Waals surface area contributed by atoms with Crippen molar-refractivity contribution >= 4 is 34.2 Å². The van der Waals surface area contributed by atoms with Crippen molar-refractivity contribution in [2.45, 2.75) is 50.6 Å². The number of rotatable bonds is 4. The SMILES string of the molecule is CC(=O)c1c(C2C[C@H]3CC[C@@H](C2)N3C(=O)CO)nc2c(-c3ccc4[nH]cnc4c3)cnn2c1N. The van der Waals surface area contributed by atoms with Gasteiger partial charge in [-0.1, -0.05) is 6.07 Å². The molecule has 10 nitrogen and oxygen atoms in total. The monoisotopic (exact) mass is 459 g/mol. The molecule has 0 radical (unpaired) electrons. The van der Waals surface area contributed by atoms with Gasteiger partial charge in [-0.2, -0.15) is 9.61 Å². The largest absolute Gasteiger partial charge is 0.387 e. The smallest absolute Gasteiger partial charge is 0.248 e. The van der Waals surface area contributed by atoms with Crippen molar-refractivity contribution in [3.8, 4) is 11.1 Å². The Labute approximate surface area is 194 Å². The van der Waals surface area contributed by atoms with Crippen LogP contribution in [-0.4, -0.2) is 65.0 Å². The summed E-state index contributed by atoms with van der Waals surface area (Å²) in [5.41, 5.74) is 11.7. The molecule has 0 spiro atoms. The number of fused-ring (bicyclic) bond motifs is 4. The molecule has 6 rings (SSSR count). The van der Waals surface area contributed by atoms with Crippen LogP contribution in [0.4, 0.5) is 5.82 Å². The fourth-order valence-electron chi connectivity index (χ4n) is 5.88. The molecular weight excluding hydrogens is 434 g/mol. The summed E-state index contributed by atoms with van der Waals surface area (Å²) < 4.78 is 1.53. The van der Waals surface area contributed by atoms with Crippen LogP contribution in [-0.2, 0) is 4.79 Å². The van der Waals surface area contributed by atoms with E-state index in [1.165, 1.54) is 11.4 Å². The molecule has 2 saturated heterocycles. The lowest BCUT2D eigenvalue weighted by Gasteiger charge is -2.39. The molecule has 5 heterocycles. The highest BCUT2D eigenvalue weighted by Gasteiger charge is 2.44. The van der Waals surface area contributed by atoms with E-state index in [-0.39, 0.29) is 35.5 Å². The molecule has 174 valence electrons. The van der Waals surface area contributed by atoms with Gasteiger partial charge in [0.05, 0.1) is 34.8 Å². The number of ketones is 1. The first-order valence-corrected chi connectivity index (χ1v) is 11.5. The van der Waals surface area contributed by atoms with E-state index in [4.69, 9.17) is 10.7 Å². The Morgan fingerprint density at radius 3 is 2.71 bits per heavy atom. The minimum absolute atomic E-state index is 0.0111. The molecule has 0 saturated carbocycles. The van der Waals surface area contributed by atoms with Crippen LogP contribution in [0.5, 0.6) is 0 Å². The van der Waals surface area contributed by atoms with Gasteiger partial charge in [-0.15, -0.1) is 0 Å². The van der Waals surface area contributed by atoms with Crippen molar-refractivity contribution < 1.29 is 14.7 Å². The third-order valence-corrected chi connectivity index (χ3v) is 7.34. The zero-order valence-corrected chi connectivity index (χ0v) is 18.7. The molecule has 1 aromatic carbocycles. The number of nitrogen functional groups attached to an aromatic ring is 1. The molecule has 0 aliphatic carbocycles. The Morgan fingerprint density at radius 2 is 2.00 bits per heavy atom. The van der Waals surface area contributed by atoms with E-state index in [0.29, 0.717) is 29.7 Å². The van der Waals surface area contributed by atoms with Crippen LogP contribution in [0, 0.1) is 0 Å². The van der Waals surface area contributed by atoms with Crippen molar-refractivity contribution in [2.24, 2.45) is 0 Å². The second-order valence-corrected chi connectivity index (χ2v) is 9.25. The molecule has 1 unspecified atom stereocenters. The maximum Gasteiger partial charge on any atom is 0.248 e. The van der Waals surface area contributed by atoms with E-state index in [0.717, 1.165) is 35.0 Å². The van der Waals surface area contributed by atoms with Crippen molar-refractivity contribution in [2.75, 3.05) is 12.3 Å². The summed E-state index contributed by atoms with van der Waals surface area (Å²) in [4.78, 5) is 39.2. The summed E-state index contributed by atoms with van der Waals surface area (Å²) in [5, 5.41) is 13.8. The lowest BCUT2D eigenvalue weighted by Crippen LogP contribution is -2.47. The van der Waals surface area contributed by atoms with Crippen LogP contribution < -0.4 is 5.73 Å². The Kier molecular flexibility index (Phi) is 4.66. The van der Waals surface area contributed by atoms with Crippen LogP contribution in [0.2, 0.25) is 0 Å². The number of Topliss-reactive ketones (excluding diaryl/α,β-unsaturated/α-hetero) is 1. The predicted octanol–water partition coefficient (Wildman–Crippen LogP) is 2.29. The van der Waals surface area contributed by atoms with Crippen molar-refractivity contribution in [3.63, 3.8) is 0 Å². The number of imidazole rings is 1. The second kappa shape index (κ2) is 7.63. The first-order chi connectivity index (χ1) is 16.5. The van der Waals surface area contributed by atoms with Crippen molar-refractivity contribution in [1.29, 1.82) is 0 Å². The molecule has 2 aliphatic heterocycles. The summed E-state index contributed by atoms with van der Waals surface area (Å²) in [6.07, 6.45) is 6.53. The molecule has 1 amide bonds. The normalized spacial score (nSPS) is 22.1. The predicted molar refractivity (Wildman–Crippen MR) is 125 cm³/mol. The Bertz CT molecular complexity index is 1440. The van der Waals surface area contributed by atoms with Gasteiger partial charge in [0.15, 0.2) is 11.4 Å². The number of benzene rings is 1. The van der Waals surface area contributed by atoms with Gasteiger partial charge in [0.25, 0.3) is 0 Å². The number of carbonyl (C=O) groups is 2. The summed E-state index contributed by atoms with van der Waals surface area (Å²) in [7, 11) is 0. The molecule has 2 aliphatic rings. The highest BCUT2D eigenvalue weighted by atomic mass is 16.3. The molecule has 3 atom stereocenters. The minimum atomic E-state index is -0.479. The summed E-state index contributed by atoms with van der Waals surface area (Å²) in [5.74, 6) is -0.116. The fraction of sp³-hybridized carbons (Fsp3) is 0.375. The number of aliphatic hydroxyl groups is 1. The van der Waals surface area contributed by atoms with Crippen LogP contribution in [0.25, 0.3) is 27.8 Å². The number of nitrogens with two attached hydrogens (primary N) is 1.